The Balaban J connectivity index is 1.51. The first-order valence-electron chi connectivity index (χ1n) is 11.9. The molecule has 1 aliphatic rings. The molecule has 36 heavy (non-hydrogen) atoms. The van der Waals surface area contributed by atoms with Crippen molar-refractivity contribution in [2.45, 2.75) is 38.9 Å². The fourth-order valence-corrected chi connectivity index (χ4v) is 5.24. The highest BCUT2D eigenvalue weighted by atomic mass is 32.1. The Hall–Kier alpha value is -3.91. The molecule has 0 fully saturated rings. The number of hydrogen-bond donors (Lipinski definition) is 1. The van der Waals surface area contributed by atoms with Crippen LogP contribution in [0.1, 0.15) is 35.5 Å². The normalized spacial score (nSPS) is 17.1. The van der Waals surface area contributed by atoms with E-state index in [4.69, 9.17) is 9.84 Å². The number of benzene rings is 2. The number of carbonyl (C=O) groups is 2. The summed E-state index contributed by atoms with van der Waals surface area (Å²) in [6.07, 6.45) is 0.830. The Bertz CT molecular complexity index is 1390. The molecule has 8 heteroatoms. The van der Waals surface area contributed by atoms with Crippen molar-refractivity contribution in [2.75, 3.05) is 12.0 Å². The highest BCUT2D eigenvalue weighted by molar-refractivity contribution is 7.13. The summed E-state index contributed by atoms with van der Waals surface area (Å²) in [7, 11) is 1.62. The minimum Gasteiger partial charge on any atom is -0.497 e. The number of nitrogens with one attached hydrogen (secondary N) is 1. The number of methoxy groups -OCH3 is 1. The molecule has 3 heterocycles. The van der Waals surface area contributed by atoms with Crippen molar-refractivity contribution < 1.29 is 14.3 Å². The van der Waals surface area contributed by atoms with Crippen molar-refractivity contribution in [3.05, 3.63) is 88.9 Å². The number of aryl methyl sites for hydroxylation is 1. The van der Waals surface area contributed by atoms with Crippen LogP contribution in [0.4, 0.5) is 5.69 Å². The fraction of sp³-hybridized carbons (Fsp3) is 0.250. The zero-order valence-corrected chi connectivity index (χ0v) is 21.3. The van der Waals surface area contributed by atoms with E-state index in [-0.39, 0.29) is 18.4 Å². The molecule has 0 saturated heterocycles. The summed E-state index contributed by atoms with van der Waals surface area (Å²) in [5.74, 6) is 0.268. The Labute approximate surface area is 214 Å². The maximum absolute atomic E-state index is 13.9. The average molecular weight is 501 g/mol. The van der Waals surface area contributed by atoms with Gasteiger partial charge in [0.05, 0.1) is 18.5 Å². The minimum absolute atomic E-state index is 0.240. The quantitative estimate of drug-likeness (QED) is 0.391. The smallest absolute Gasteiger partial charge is 0.277 e. The third-order valence-electron chi connectivity index (χ3n) is 6.61. The van der Waals surface area contributed by atoms with Gasteiger partial charge in [-0.15, -0.1) is 11.3 Å². The summed E-state index contributed by atoms with van der Waals surface area (Å²) in [5.41, 5.74) is 2.77. The predicted octanol–water partition coefficient (Wildman–Crippen LogP) is 4.92. The first-order chi connectivity index (χ1) is 17.4. The molecular weight excluding hydrogens is 472 g/mol. The number of rotatable bonds is 7. The van der Waals surface area contributed by atoms with E-state index in [2.05, 4.69) is 12.2 Å². The van der Waals surface area contributed by atoms with Gasteiger partial charge in [0.15, 0.2) is 0 Å². The zero-order chi connectivity index (χ0) is 25.3. The molecule has 0 bridgehead atoms. The van der Waals surface area contributed by atoms with E-state index in [1.54, 1.807) is 28.0 Å². The molecule has 1 N–H and O–H groups in total. The van der Waals surface area contributed by atoms with E-state index < -0.39 is 5.54 Å². The molecule has 2 aromatic carbocycles. The Kier molecular flexibility index (Phi) is 6.36. The highest BCUT2D eigenvalue weighted by Gasteiger charge is 2.49. The van der Waals surface area contributed by atoms with Gasteiger partial charge in [-0.2, -0.15) is 5.10 Å². The fourth-order valence-electron chi connectivity index (χ4n) is 4.56. The number of fused-ring (bicyclic) bond motifs is 1. The number of amides is 2. The van der Waals surface area contributed by atoms with Crippen LogP contribution in [0.15, 0.2) is 72.1 Å². The lowest BCUT2D eigenvalue weighted by molar-refractivity contribution is -0.126. The minimum atomic E-state index is -1.18. The number of anilines is 1. The number of nitrogens with zero attached hydrogens (tertiary/aromatic N) is 3. The molecule has 0 unspecified atom stereocenters. The molecule has 2 aromatic heterocycles. The van der Waals surface area contributed by atoms with Crippen LogP contribution >= 0.6 is 11.3 Å². The summed E-state index contributed by atoms with van der Waals surface area (Å²) in [5, 5.41) is 9.74. The van der Waals surface area contributed by atoms with Crippen LogP contribution in [0.3, 0.4) is 0 Å². The van der Waals surface area contributed by atoms with Gasteiger partial charge in [0.2, 0.25) is 5.91 Å². The first kappa shape index (κ1) is 23.8. The predicted molar refractivity (Wildman–Crippen MR) is 141 cm³/mol. The maximum atomic E-state index is 13.9. The molecule has 4 aromatic rings. The van der Waals surface area contributed by atoms with Crippen molar-refractivity contribution >= 4 is 28.8 Å². The second-order valence-electron chi connectivity index (χ2n) is 9.02. The van der Waals surface area contributed by atoms with Crippen molar-refractivity contribution in [1.82, 2.24) is 15.1 Å². The van der Waals surface area contributed by atoms with E-state index in [0.717, 1.165) is 33.9 Å². The van der Waals surface area contributed by atoms with Crippen LogP contribution in [-0.4, -0.2) is 34.2 Å². The summed E-state index contributed by atoms with van der Waals surface area (Å²) >= 11 is 1.57. The van der Waals surface area contributed by atoms with Gasteiger partial charge in [-0.25, -0.2) is 0 Å². The first-order valence-corrected chi connectivity index (χ1v) is 12.8. The van der Waals surface area contributed by atoms with Gasteiger partial charge in [0.25, 0.3) is 5.91 Å². The van der Waals surface area contributed by atoms with E-state index in [1.807, 2.05) is 79.0 Å². The van der Waals surface area contributed by atoms with Gasteiger partial charge in [0, 0.05) is 12.2 Å². The summed E-state index contributed by atoms with van der Waals surface area (Å²) in [6, 6.07) is 21.1. The topological polar surface area (TPSA) is 76.5 Å². The van der Waals surface area contributed by atoms with Crippen LogP contribution in [0, 0.1) is 0 Å². The molecule has 184 valence electrons. The van der Waals surface area contributed by atoms with Crippen molar-refractivity contribution in [3.8, 4) is 16.3 Å². The highest BCUT2D eigenvalue weighted by Crippen LogP contribution is 2.35. The summed E-state index contributed by atoms with van der Waals surface area (Å²) < 4.78 is 6.89. The van der Waals surface area contributed by atoms with Gasteiger partial charge < -0.3 is 10.1 Å². The molecule has 2 amide bonds. The Morgan fingerprint density at radius 1 is 1.11 bits per heavy atom. The van der Waals surface area contributed by atoms with Crippen molar-refractivity contribution in [3.63, 3.8) is 0 Å². The van der Waals surface area contributed by atoms with E-state index in [1.165, 1.54) is 0 Å². The molecular formula is C28H28N4O3S. The van der Waals surface area contributed by atoms with Crippen LogP contribution in [0.2, 0.25) is 0 Å². The number of aromatic nitrogens is 2. The molecule has 7 nitrogen and oxygen atoms in total. The van der Waals surface area contributed by atoms with E-state index in [9.17, 15) is 9.59 Å². The third-order valence-corrected chi connectivity index (χ3v) is 7.50. The van der Waals surface area contributed by atoms with Gasteiger partial charge >= 0.3 is 0 Å². The molecule has 1 atom stereocenters. The Morgan fingerprint density at radius 2 is 1.92 bits per heavy atom. The molecule has 0 spiro atoms. The molecule has 1 aliphatic heterocycles. The molecule has 5 rings (SSSR count). The van der Waals surface area contributed by atoms with Crippen LogP contribution < -0.4 is 15.0 Å². The maximum Gasteiger partial charge on any atom is 0.277 e. The lowest BCUT2D eigenvalue weighted by Gasteiger charge is -2.43. The molecule has 0 saturated carbocycles. The second-order valence-corrected chi connectivity index (χ2v) is 9.97. The third kappa shape index (κ3) is 4.28. The average Bonchev–Trinajstić information content (AvgIpc) is 3.58. The number of ether oxygens (including phenoxy) is 1. The SMILES string of the molecule is CCc1cccc(N2C(=O)c3cc(-c4cccs4)nn3C[C@@]2(C)C(=O)NCc2ccc(OC)cc2)c1. The lowest BCUT2D eigenvalue weighted by Crippen LogP contribution is -2.64. The lowest BCUT2D eigenvalue weighted by atomic mass is 9.93. The monoisotopic (exact) mass is 500 g/mol. The number of carbonyl (C=O) groups excluding carboxylic acids is 2. The number of hydrogen-bond acceptors (Lipinski definition) is 5. The van der Waals surface area contributed by atoms with Crippen LogP contribution in [0.25, 0.3) is 10.6 Å². The van der Waals surface area contributed by atoms with E-state index in [0.29, 0.717) is 17.9 Å². The largest absolute Gasteiger partial charge is 0.497 e. The van der Waals surface area contributed by atoms with Crippen molar-refractivity contribution in [2.24, 2.45) is 0 Å². The summed E-state index contributed by atoms with van der Waals surface area (Å²) in [6.45, 7) is 4.45. The molecule has 0 aliphatic carbocycles. The van der Waals surface area contributed by atoms with Gasteiger partial charge in [-0.1, -0.05) is 37.3 Å². The standard InChI is InChI=1S/C28H28N4O3S/c1-4-19-7-5-8-21(15-19)32-26(33)24-16-23(25-9-6-14-36-25)30-31(24)18-28(32,2)27(34)29-17-20-10-12-22(35-3)13-11-20/h5-16H,4,17-18H2,1-3H3,(H,29,34)/t28-/m0/s1. The van der Waals surface area contributed by atoms with Crippen LogP contribution in [0.5, 0.6) is 5.75 Å². The number of thiophene rings is 1. The Morgan fingerprint density at radius 3 is 2.61 bits per heavy atom. The van der Waals surface area contributed by atoms with Gasteiger partial charge in [-0.3, -0.25) is 19.2 Å². The van der Waals surface area contributed by atoms with Gasteiger partial charge in [-0.05, 0) is 66.2 Å². The summed E-state index contributed by atoms with van der Waals surface area (Å²) in [4.78, 5) is 30.3. The van der Waals surface area contributed by atoms with E-state index >= 15 is 0 Å². The second kappa shape index (κ2) is 9.62. The van der Waals surface area contributed by atoms with Crippen LogP contribution in [-0.2, 0) is 24.3 Å². The molecule has 0 radical (unpaired) electrons. The van der Waals surface area contributed by atoms with Gasteiger partial charge in [0.1, 0.15) is 22.7 Å². The van der Waals surface area contributed by atoms with Crippen molar-refractivity contribution in [1.29, 1.82) is 0 Å². The zero-order valence-electron chi connectivity index (χ0n) is 20.5.